The second-order valence-corrected chi connectivity index (χ2v) is 8.35. The molecule has 0 unspecified atom stereocenters. The fourth-order valence-corrected chi connectivity index (χ4v) is 4.10. The van der Waals surface area contributed by atoms with E-state index in [-0.39, 0.29) is 35.3 Å². The fourth-order valence-electron chi connectivity index (χ4n) is 3.22. The van der Waals surface area contributed by atoms with Gasteiger partial charge in [-0.15, -0.1) is 0 Å². The summed E-state index contributed by atoms with van der Waals surface area (Å²) in [7, 11) is -4.59. The molecule has 5 nitrogen and oxygen atoms in total. The zero-order chi connectivity index (χ0) is 20.4. The van der Waals surface area contributed by atoms with Crippen LogP contribution in [-0.4, -0.2) is 13.0 Å². The monoisotopic (exact) mass is 428 g/mol. The maximum absolute atomic E-state index is 12.2. The topological polar surface area (TPSA) is 86.7 Å². The largest absolute Gasteiger partial charge is 1.00 e. The third-order valence-electron chi connectivity index (χ3n) is 4.68. The third kappa shape index (κ3) is 8.69. The van der Waals surface area contributed by atoms with Crippen molar-refractivity contribution in [2.75, 3.05) is 0 Å². The van der Waals surface area contributed by atoms with Gasteiger partial charge in [0.05, 0.1) is 0 Å². The van der Waals surface area contributed by atoms with Crippen molar-refractivity contribution in [1.82, 2.24) is 0 Å². The summed E-state index contributed by atoms with van der Waals surface area (Å²) in [5.41, 5.74) is 0.416. The van der Waals surface area contributed by atoms with E-state index in [1.54, 1.807) is 30.3 Å². The molecule has 0 saturated heterocycles. The van der Waals surface area contributed by atoms with E-state index < -0.39 is 20.8 Å². The van der Waals surface area contributed by atoms with Crippen LogP contribution in [0.25, 0.3) is 0 Å². The normalized spacial score (nSPS) is 11.1. The second-order valence-electron chi connectivity index (χ2n) is 7.00. The van der Waals surface area contributed by atoms with Crippen molar-refractivity contribution in [3.8, 4) is 17.2 Å². The number of ether oxygens (including phenoxy) is 1. The average Bonchev–Trinajstić information content (AvgIpc) is 2.66. The predicted octanol–water partition coefficient (Wildman–Crippen LogP) is 2.49. The zero-order valence-electron chi connectivity index (χ0n) is 17.4. The molecule has 0 atom stereocenters. The van der Waals surface area contributed by atoms with Crippen LogP contribution in [0.15, 0.2) is 47.4 Å². The van der Waals surface area contributed by atoms with Crippen LogP contribution in [0.5, 0.6) is 17.2 Å². The van der Waals surface area contributed by atoms with Crippen molar-refractivity contribution in [2.24, 2.45) is 0 Å². The minimum atomic E-state index is -4.59. The van der Waals surface area contributed by atoms with E-state index in [0.717, 1.165) is 19.3 Å². The number of rotatable bonds is 12. The van der Waals surface area contributed by atoms with E-state index >= 15 is 0 Å². The Balaban J connectivity index is 0.00000420. The number of hydrogen-bond acceptors (Lipinski definition) is 4. The molecule has 0 aliphatic heterocycles. The molecule has 0 fully saturated rings. The first-order valence-corrected chi connectivity index (χ1v) is 11.4. The van der Waals surface area contributed by atoms with E-state index in [1.807, 2.05) is 0 Å². The second kappa shape index (κ2) is 13.3. The maximum Gasteiger partial charge on any atom is 1.00 e. The van der Waals surface area contributed by atoms with Gasteiger partial charge in [-0.05, 0) is 30.5 Å². The van der Waals surface area contributed by atoms with Crippen LogP contribution >= 0.6 is 0 Å². The molecule has 7 heteroatoms. The SMILES string of the molecule is CCCCCCCCCCc1ccc([O-])c(Oc2ccccc2)c1S(=O)(=O)O.[Na+]. The first-order valence-electron chi connectivity index (χ1n) is 9.96. The number of benzene rings is 2. The average molecular weight is 429 g/mol. The Bertz CT molecular complexity index is 838. The van der Waals surface area contributed by atoms with Crippen LogP contribution in [0.3, 0.4) is 0 Å². The third-order valence-corrected chi connectivity index (χ3v) is 5.64. The minimum Gasteiger partial charge on any atom is -0.870 e. The van der Waals surface area contributed by atoms with Crippen LogP contribution in [-0.2, 0) is 16.5 Å². The van der Waals surface area contributed by atoms with Crippen LogP contribution in [0.2, 0.25) is 0 Å². The number of aryl methyl sites for hydroxylation is 1. The molecule has 0 amide bonds. The van der Waals surface area contributed by atoms with Crippen LogP contribution in [0, 0.1) is 0 Å². The first kappa shape index (κ1) is 26.0. The molecule has 2 aromatic rings. The van der Waals surface area contributed by atoms with Gasteiger partial charge in [-0.25, -0.2) is 0 Å². The van der Waals surface area contributed by atoms with Gasteiger partial charge in [0, 0.05) is 0 Å². The van der Waals surface area contributed by atoms with Gasteiger partial charge in [0.25, 0.3) is 10.1 Å². The molecule has 0 heterocycles. The van der Waals surface area contributed by atoms with Gasteiger partial charge in [-0.1, -0.05) is 88.0 Å². The van der Waals surface area contributed by atoms with Crippen molar-refractivity contribution >= 4 is 10.1 Å². The molecule has 0 saturated carbocycles. The molecule has 0 bridgehead atoms. The minimum absolute atomic E-state index is 0. The Morgan fingerprint density at radius 3 is 2.07 bits per heavy atom. The number of unbranched alkanes of at least 4 members (excludes halogenated alkanes) is 7. The molecule has 1 N–H and O–H groups in total. The molecule has 29 heavy (non-hydrogen) atoms. The molecule has 0 radical (unpaired) electrons. The summed E-state index contributed by atoms with van der Waals surface area (Å²) in [6.45, 7) is 2.19. The molecular weight excluding hydrogens is 399 g/mol. The Morgan fingerprint density at radius 2 is 1.48 bits per heavy atom. The summed E-state index contributed by atoms with van der Waals surface area (Å²) in [6.07, 6.45) is 9.48. The van der Waals surface area contributed by atoms with Crippen molar-refractivity contribution in [1.29, 1.82) is 0 Å². The van der Waals surface area contributed by atoms with Gasteiger partial charge in [0.2, 0.25) is 0 Å². The first-order chi connectivity index (χ1) is 13.4. The Hall–Kier alpha value is -1.05. The van der Waals surface area contributed by atoms with Crippen molar-refractivity contribution in [3.05, 3.63) is 48.0 Å². The number of para-hydroxylation sites is 1. The molecule has 0 aliphatic rings. The Labute approximate surface area is 196 Å². The van der Waals surface area contributed by atoms with Crippen molar-refractivity contribution in [2.45, 2.75) is 69.6 Å². The fraction of sp³-hybridized carbons (Fsp3) is 0.455. The summed E-state index contributed by atoms with van der Waals surface area (Å²) < 4.78 is 39.2. The molecule has 154 valence electrons. The summed E-state index contributed by atoms with van der Waals surface area (Å²) in [4.78, 5) is -0.410. The summed E-state index contributed by atoms with van der Waals surface area (Å²) in [6, 6.07) is 11.2. The van der Waals surface area contributed by atoms with Crippen molar-refractivity contribution < 1.29 is 52.4 Å². The summed E-state index contributed by atoms with van der Waals surface area (Å²) in [5, 5.41) is 12.2. The van der Waals surface area contributed by atoms with E-state index in [2.05, 4.69) is 6.92 Å². The molecular formula is C22H29NaO5S. The zero-order valence-corrected chi connectivity index (χ0v) is 20.2. The molecule has 2 aromatic carbocycles. The van der Waals surface area contributed by atoms with Crippen LogP contribution in [0.1, 0.15) is 63.9 Å². The molecule has 0 aliphatic carbocycles. The number of hydrogen-bond donors (Lipinski definition) is 1. The van der Waals surface area contributed by atoms with Gasteiger partial charge in [-0.3, -0.25) is 4.55 Å². The van der Waals surface area contributed by atoms with E-state index in [0.29, 0.717) is 17.7 Å². The Kier molecular flexibility index (Phi) is 11.9. The van der Waals surface area contributed by atoms with Gasteiger partial charge >= 0.3 is 29.6 Å². The quantitative estimate of drug-likeness (QED) is 0.319. The summed E-state index contributed by atoms with van der Waals surface area (Å²) >= 11 is 0. The van der Waals surface area contributed by atoms with E-state index in [4.69, 9.17) is 4.74 Å². The van der Waals surface area contributed by atoms with Crippen LogP contribution < -0.4 is 39.4 Å². The smallest absolute Gasteiger partial charge is 0.870 e. The van der Waals surface area contributed by atoms with E-state index in [9.17, 15) is 18.1 Å². The van der Waals surface area contributed by atoms with Gasteiger partial charge in [0.1, 0.15) is 16.4 Å². The summed E-state index contributed by atoms with van der Waals surface area (Å²) in [5.74, 6) is -0.573. The standard InChI is InChI=1S/C22H30O5S.Na/c1-2-3-4-5-6-7-8-10-13-18-16-17-20(23)21(22(18)28(24,25)26)27-19-14-11-9-12-15-19;/h9,11-12,14-17,23H,2-8,10,13H2,1H3,(H,24,25,26);/q;+1/p-1. The molecule has 2 rings (SSSR count). The van der Waals surface area contributed by atoms with Gasteiger partial charge < -0.3 is 9.84 Å². The van der Waals surface area contributed by atoms with Crippen LogP contribution in [0.4, 0.5) is 0 Å². The van der Waals surface area contributed by atoms with Gasteiger partial charge in [0.15, 0.2) is 0 Å². The predicted molar refractivity (Wildman–Crippen MR) is 109 cm³/mol. The molecule has 0 spiro atoms. The van der Waals surface area contributed by atoms with Gasteiger partial charge in [-0.2, -0.15) is 8.42 Å². The van der Waals surface area contributed by atoms with Crippen molar-refractivity contribution in [3.63, 3.8) is 0 Å². The Morgan fingerprint density at radius 1 is 0.897 bits per heavy atom. The maximum atomic E-state index is 12.2. The van der Waals surface area contributed by atoms with E-state index in [1.165, 1.54) is 44.2 Å². The molecule has 0 aromatic heterocycles.